The highest BCUT2D eigenvalue weighted by molar-refractivity contribution is 5.49. The third-order valence-electron chi connectivity index (χ3n) is 2.84. The Kier molecular flexibility index (Phi) is 5.95. The molecule has 0 aliphatic heterocycles. The molecule has 2 N–H and O–H groups in total. The average molecular weight is 253 g/mol. The number of rotatable bonds is 7. The van der Waals surface area contributed by atoms with Gasteiger partial charge in [-0.25, -0.2) is 0 Å². The summed E-state index contributed by atoms with van der Waals surface area (Å²) in [7, 11) is 1.91. The fourth-order valence-electron chi connectivity index (χ4n) is 1.80. The van der Waals surface area contributed by atoms with Crippen LogP contribution >= 0.6 is 0 Å². The Morgan fingerprint density at radius 2 is 1.78 bits per heavy atom. The van der Waals surface area contributed by atoms with Gasteiger partial charge in [0.05, 0.1) is 18.8 Å². The van der Waals surface area contributed by atoms with Gasteiger partial charge in [0.1, 0.15) is 5.75 Å². The van der Waals surface area contributed by atoms with E-state index in [2.05, 4.69) is 0 Å². The van der Waals surface area contributed by atoms with E-state index in [1.165, 1.54) is 0 Å². The van der Waals surface area contributed by atoms with Gasteiger partial charge in [-0.05, 0) is 44.5 Å². The minimum atomic E-state index is -0.0631. The van der Waals surface area contributed by atoms with Crippen molar-refractivity contribution in [2.45, 2.75) is 32.4 Å². The highest BCUT2D eigenvalue weighted by Gasteiger charge is 2.13. The molecule has 0 heterocycles. The summed E-state index contributed by atoms with van der Waals surface area (Å²) >= 11 is 0. The lowest BCUT2D eigenvalue weighted by molar-refractivity contribution is 0.218. The summed E-state index contributed by atoms with van der Waals surface area (Å²) in [4.78, 5) is 1.97. The number of benzene rings is 1. The predicted molar refractivity (Wildman–Crippen MR) is 73.2 cm³/mol. The van der Waals surface area contributed by atoms with Crippen LogP contribution in [0.2, 0.25) is 0 Å². The molecule has 0 fully saturated rings. The monoisotopic (exact) mass is 253 g/mol. The van der Waals surface area contributed by atoms with Crippen LogP contribution in [0.5, 0.6) is 5.75 Å². The van der Waals surface area contributed by atoms with Gasteiger partial charge in [0.2, 0.25) is 0 Å². The number of anilines is 1. The molecule has 0 aromatic heterocycles. The molecule has 4 nitrogen and oxygen atoms in total. The van der Waals surface area contributed by atoms with Gasteiger partial charge in [-0.3, -0.25) is 0 Å². The highest BCUT2D eigenvalue weighted by Crippen LogP contribution is 2.21. The zero-order valence-corrected chi connectivity index (χ0v) is 11.3. The maximum Gasteiger partial charge on any atom is 0.119 e. The minimum absolute atomic E-state index is 0.0291. The Balaban J connectivity index is 2.71. The Morgan fingerprint density at radius 1 is 1.17 bits per heavy atom. The van der Waals surface area contributed by atoms with Crippen molar-refractivity contribution < 1.29 is 14.9 Å². The number of likely N-dealkylation sites (N-methyl/N-ethyl adjacent to an activating group) is 1. The van der Waals surface area contributed by atoms with E-state index >= 15 is 0 Å². The van der Waals surface area contributed by atoms with E-state index in [-0.39, 0.29) is 25.4 Å². The molecule has 0 amide bonds. The van der Waals surface area contributed by atoms with Crippen molar-refractivity contribution >= 4 is 5.69 Å². The molecule has 4 heteroatoms. The van der Waals surface area contributed by atoms with E-state index in [4.69, 9.17) is 9.84 Å². The first-order valence-corrected chi connectivity index (χ1v) is 6.29. The molecular formula is C14H23NO3. The van der Waals surface area contributed by atoms with Crippen LogP contribution in [0, 0.1) is 0 Å². The van der Waals surface area contributed by atoms with Crippen molar-refractivity contribution in [1.29, 1.82) is 0 Å². The molecular weight excluding hydrogens is 230 g/mol. The van der Waals surface area contributed by atoms with Crippen LogP contribution in [0.3, 0.4) is 0 Å². The van der Waals surface area contributed by atoms with Gasteiger partial charge >= 0.3 is 0 Å². The number of ether oxygens (including phenoxy) is 1. The zero-order valence-electron chi connectivity index (χ0n) is 11.3. The van der Waals surface area contributed by atoms with Crippen molar-refractivity contribution in [1.82, 2.24) is 0 Å². The first-order valence-electron chi connectivity index (χ1n) is 6.29. The fourth-order valence-corrected chi connectivity index (χ4v) is 1.80. The summed E-state index contributed by atoms with van der Waals surface area (Å²) in [5, 5.41) is 18.2. The molecule has 1 aromatic rings. The van der Waals surface area contributed by atoms with E-state index in [0.29, 0.717) is 6.42 Å². The molecule has 0 aliphatic carbocycles. The van der Waals surface area contributed by atoms with Crippen molar-refractivity contribution in [3.63, 3.8) is 0 Å². The number of nitrogens with zero attached hydrogens (tertiary/aromatic N) is 1. The number of hydrogen-bond donors (Lipinski definition) is 2. The standard InChI is InChI=1S/C14H23NO3/c1-11(2)18-14-6-4-12(5-7-14)15(3)13(10-17)8-9-16/h4-7,11,13,16-17H,8-10H2,1-3H3. The Bertz CT molecular complexity index is 337. The number of aliphatic hydroxyl groups is 2. The van der Waals surface area contributed by atoms with E-state index < -0.39 is 0 Å². The second-order valence-corrected chi connectivity index (χ2v) is 4.62. The second-order valence-electron chi connectivity index (χ2n) is 4.62. The van der Waals surface area contributed by atoms with Crippen LogP contribution in [-0.4, -0.2) is 42.6 Å². The van der Waals surface area contributed by atoms with Gasteiger partial charge in [-0.15, -0.1) is 0 Å². The fraction of sp³-hybridized carbons (Fsp3) is 0.571. The van der Waals surface area contributed by atoms with Gasteiger partial charge < -0.3 is 19.8 Å². The molecule has 18 heavy (non-hydrogen) atoms. The summed E-state index contributed by atoms with van der Waals surface area (Å²) in [5.41, 5.74) is 0.999. The van der Waals surface area contributed by atoms with Crippen LogP contribution in [0.25, 0.3) is 0 Å². The first-order chi connectivity index (χ1) is 8.58. The molecule has 1 rings (SSSR count). The van der Waals surface area contributed by atoms with Crippen molar-refractivity contribution in [2.24, 2.45) is 0 Å². The second kappa shape index (κ2) is 7.24. The molecule has 1 aromatic carbocycles. The molecule has 0 saturated carbocycles. The van der Waals surface area contributed by atoms with Crippen molar-refractivity contribution in [3.8, 4) is 5.75 Å². The lowest BCUT2D eigenvalue weighted by Gasteiger charge is -2.28. The smallest absolute Gasteiger partial charge is 0.119 e. The lowest BCUT2D eigenvalue weighted by Crippen LogP contribution is -2.35. The summed E-state index contributed by atoms with van der Waals surface area (Å²) < 4.78 is 5.58. The Morgan fingerprint density at radius 3 is 2.22 bits per heavy atom. The zero-order chi connectivity index (χ0) is 13.5. The number of aliphatic hydroxyl groups excluding tert-OH is 2. The van der Waals surface area contributed by atoms with Gasteiger partial charge in [0.15, 0.2) is 0 Å². The third-order valence-corrected chi connectivity index (χ3v) is 2.84. The molecule has 0 aliphatic rings. The summed E-state index contributed by atoms with van der Waals surface area (Å²) in [6.07, 6.45) is 0.713. The van der Waals surface area contributed by atoms with E-state index in [0.717, 1.165) is 11.4 Å². The minimum Gasteiger partial charge on any atom is -0.491 e. The molecule has 1 atom stereocenters. The van der Waals surface area contributed by atoms with Crippen LogP contribution in [0.1, 0.15) is 20.3 Å². The van der Waals surface area contributed by atoms with Gasteiger partial charge in [-0.1, -0.05) is 0 Å². The largest absolute Gasteiger partial charge is 0.491 e. The normalized spacial score (nSPS) is 12.6. The summed E-state index contributed by atoms with van der Waals surface area (Å²) in [5.74, 6) is 0.838. The third kappa shape index (κ3) is 4.20. The van der Waals surface area contributed by atoms with Crippen LogP contribution in [0.15, 0.2) is 24.3 Å². The molecule has 0 spiro atoms. The Labute approximate surface area is 109 Å². The predicted octanol–water partition coefficient (Wildman–Crippen LogP) is 1.65. The first kappa shape index (κ1) is 14.8. The van der Waals surface area contributed by atoms with E-state index in [9.17, 15) is 5.11 Å². The van der Waals surface area contributed by atoms with Gasteiger partial charge in [0.25, 0.3) is 0 Å². The van der Waals surface area contributed by atoms with Crippen LogP contribution in [0.4, 0.5) is 5.69 Å². The summed E-state index contributed by atoms with van der Waals surface area (Å²) in [6, 6.07) is 7.68. The molecule has 0 bridgehead atoms. The van der Waals surface area contributed by atoms with Gasteiger partial charge in [0, 0.05) is 19.3 Å². The lowest BCUT2D eigenvalue weighted by atomic mass is 10.1. The van der Waals surface area contributed by atoms with Crippen molar-refractivity contribution in [2.75, 3.05) is 25.2 Å². The SMILES string of the molecule is CC(C)Oc1ccc(N(C)C(CO)CCO)cc1. The quantitative estimate of drug-likeness (QED) is 0.776. The Hall–Kier alpha value is -1.26. The van der Waals surface area contributed by atoms with Crippen LogP contribution < -0.4 is 9.64 Å². The molecule has 102 valence electrons. The molecule has 1 unspecified atom stereocenters. The van der Waals surface area contributed by atoms with Crippen molar-refractivity contribution in [3.05, 3.63) is 24.3 Å². The number of hydrogen-bond acceptors (Lipinski definition) is 4. The molecule has 0 saturated heterocycles. The van der Waals surface area contributed by atoms with Crippen LogP contribution in [-0.2, 0) is 0 Å². The average Bonchev–Trinajstić information content (AvgIpc) is 2.35. The highest BCUT2D eigenvalue weighted by atomic mass is 16.5. The van der Waals surface area contributed by atoms with Gasteiger partial charge in [-0.2, -0.15) is 0 Å². The topological polar surface area (TPSA) is 52.9 Å². The van der Waals surface area contributed by atoms with E-state index in [1.807, 2.05) is 50.1 Å². The molecule has 0 radical (unpaired) electrons. The summed E-state index contributed by atoms with van der Waals surface area (Å²) in [6.45, 7) is 4.08. The van der Waals surface area contributed by atoms with E-state index in [1.54, 1.807) is 0 Å². The maximum atomic E-state index is 9.28. The maximum absolute atomic E-state index is 9.28.